The number of esters is 1. The number of hydrogen-bond acceptors (Lipinski definition) is 11. The Bertz CT molecular complexity index is 2310. The Kier molecular flexibility index (Phi) is 17.9. The molecule has 2 saturated heterocycles. The summed E-state index contributed by atoms with van der Waals surface area (Å²) in [6.07, 6.45) is -8.33. The van der Waals surface area contributed by atoms with E-state index in [0.29, 0.717) is 6.61 Å². The van der Waals surface area contributed by atoms with Gasteiger partial charge in [-0.2, -0.15) is 0 Å². The first-order valence-electron chi connectivity index (χ1n) is 23.0. The molecule has 0 bridgehead atoms. The van der Waals surface area contributed by atoms with Crippen LogP contribution in [0.3, 0.4) is 0 Å². The van der Waals surface area contributed by atoms with E-state index < -0.39 is 67.4 Å². The second-order valence-electron chi connectivity index (χ2n) is 16.8. The fourth-order valence-electron chi connectivity index (χ4n) is 8.30. The van der Waals surface area contributed by atoms with E-state index >= 15 is 0 Å². The maximum atomic E-state index is 12.5. The van der Waals surface area contributed by atoms with Gasteiger partial charge in [-0.1, -0.05) is 182 Å². The maximum Gasteiger partial charge on any atom is 0.302 e. The molecule has 2 heterocycles. The van der Waals surface area contributed by atoms with Gasteiger partial charge >= 0.3 is 5.97 Å². The summed E-state index contributed by atoms with van der Waals surface area (Å²) in [6.45, 7) is 4.61. The van der Waals surface area contributed by atoms with E-state index in [0.717, 1.165) is 33.4 Å². The van der Waals surface area contributed by atoms with Crippen LogP contribution in [-0.2, 0) is 91.8 Å². The van der Waals surface area contributed by atoms with Crippen LogP contribution in [0.2, 0.25) is 0 Å². The average molecular weight is 909 g/mol. The summed E-state index contributed by atoms with van der Waals surface area (Å²) >= 11 is 0. The lowest BCUT2D eigenvalue weighted by atomic mass is 9.96. The summed E-state index contributed by atoms with van der Waals surface area (Å²) in [5.74, 6) is -0.469. The number of benzene rings is 6. The van der Waals surface area contributed by atoms with Gasteiger partial charge in [-0.05, 0) is 40.3 Å². The molecule has 2 fully saturated rings. The lowest BCUT2D eigenvalue weighted by Gasteiger charge is -2.49. The van der Waals surface area contributed by atoms with Gasteiger partial charge in [-0.3, -0.25) is 4.79 Å². The molecular weight excluding hydrogens is 849 g/mol. The molecule has 10 atom stereocenters. The standard InChI is InChI=1S/C56H60O11/c1-40-49(59-33-42-21-9-3-10-22-42)51(61-35-44-25-13-5-14-26-44)54(55(65-40)64-38-47-31-19-8-20-32-47)67-56-53(63-37-46-29-17-7-18-30-46)52(62-36-45-27-15-6-16-28-45)50(48(66-56)39-58-41(2)57)60-34-43-23-11-4-12-24-43/h3-32,40,48-56H,33-39H2,1-2H3/t40-,48+,49-,50+,51+,52-,53+,54+,55+,56+/m0/s1. The molecule has 11 nitrogen and oxygen atoms in total. The van der Waals surface area contributed by atoms with E-state index in [-0.39, 0.29) is 39.6 Å². The van der Waals surface area contributed by atoms with Gasteiger partial charge < -0.3 is 47.4 Å². The summed E-state index contributed by atoms with van der Waals surface area (Å²) in [5, 5.41) is 0. The minimum atomic E-state index is -1.16. The van der Waals surface area contributed by atoms with Crippen LogP contribution in [0, 0.1) is 0 Å². The van der Waals surface area contributed by atoms with Crippen LogP contribution in [-0.4, -0.2) is 74.0 Å². The lowest BCUT2D eigenvalue weighted by molar-refractivity contribution is -0.381. The van der Waals surface area contributed by atoms with Crippen LogP contribution in [0.4, 0.5) is 0 Å². The molecule has 0 spiro atoms. The Morgan fingerprint density at radius 1 is 0.388 bits per heavy atom. The van der Waals surface area contributed by atoms with Crippen LogP contribution in [0.15, 0.2) is 182 Å². The van der Waals surface area contributed by atoms with Gasteiger partial charge in [0.15, 0.2) is 12.6 Å². The zero-order valence-corrected chi connectivity index (χ0v) is 38.0. The van der Waals surface area contributed by atoms with Gasteiger partial charge in [0, 0.05) is 6.92 Å². The number of carbonyl (C=O) groups excluding carboxylic acids is 1. The van der Waals surface area contributed by atoms with E-state index in [4.69, 9.17) is 47.4 Å². The third-order valence-corrected chi connectivity index (χ3v) is 11.7. The molecule has 0 amide bonds. The van der Waals surface area contributed by atoms with Crippen molar-refractivity contribution in [3.8, 4) is 0 Å². The number of hydrogen-bond donors (Lipinski definition) is 0. The molecular formula is C56H60O11. The number of rotatable bonds is 22. The van der Waals surface area contributed by atoms with E-state index in [1.54, 1.807) is 0 Å². The van der Waals surface area contributed by atoms with Crippen molar-refractivity contribution in [2.75, 3.05) is 6.61 Å². The first-order chi connectivity index (χ1) is 33.0. The van der Waals surface area contributed by atoms with Crippen molar-refractivity contribution in [1.82, 2.24) is 0 Å². The van der Waals surface area contributed by atoms with E-state index in [1.165, 1.54) is 6.92 Å². The molecule has 6 aromatic rings. The third kappa shape index (κ3) is 14.0. The lowest BCUT2D eigenvalue weighted by Crippen LogP contribution is -2.65. The second-order valence-corrected chi connectivity index (χ2v) is 16.8. The molecule has 0 unspecified atom stereocenters. The summed E-state index contributed by atoms with van der Waals surface area (Å²) in [4.78, 5) is 12.5. The first kappa shape index (κ1) is 47.9. The Balaban J connectivity index is 1.19. The predicted molar refractivity (Wildman–Crippen MR) is 251 cm³/mol. The molecule has 350 valence electrons. The van der Waals surface area contributed by atoms with E-state index in [1.807, 2.05) is 189 Å². The van der Waals surface area contributed by atoms with Crippen molar-refractivity contribution in [2.24, 2.45) is 0 Å². The Morgan fingerprint density at radius 3 is 1.10 bits per heavy atom. The highest BCUT2D eigenvalue weighted by Gasteiger charge is 2.54. The fourth-order valence-corrected chi connectivity index (χ4v) is 8.30. The summed E-state index contributed by atoms with van der Waals surface area (Å²) < 4.78 is 67.9. The second kappa shape index (κ2) is 25.0. The first-order valence-corrected chi connectivity index (χ1v) is 23.0. The van der Waals surface area contributed by atoms with Crippen molar-refractivity contribution >= 4 is 5.97 Å². The zero-order chi connectivity index (χ0) is 46.0. The highest BCUT2D eigenvalue weighted by Crippen LogP contribution is 2.37. The van der Waals surface area contributed by atoms with Crippen molar-refractivity contribution < 1.29 is 52.2 Å². The van der Waals surface area contributed by atoms with Gasteiger partial charge in [0.1, 0.15) is 49.3 Å². The largest absolute Gasteiger partial charge is 0.463 e. The molecule has 0 saturated carbocycles. The third-order valence-electron chi connectivity index (χ3n) is 11.7. The molecule has 67 heavy (non-hydrogen) atoms. The van der Waals surface area contributed by atoms with E-state index in [2.05, 4.69) is 0 Å². The van der Waals surface area contributed by atoms with Crippen LogP contribution in [0.5, 0.6) is 0 Å². The molecule has 0 aromatic heterocycles. The molecule has 2 aliphatic heterocycles. The minimum Gasteiger partial charge on any atom is -0.463 e. The maximum absolute atomic E-state index is 12.5. The molecule has 0 radical (unpaired) electrons. The molecule has 11 heteroatoms. The van der Waals surface area contributed by atoms with Crippen molar-refractivity contribution in [1.29, 1.82) is 0 Å². The van der Waals surface area contributed by atoms with Crippen LogP contribution in [0.25, 0.3) is 0 Å². The van der Waals surface area contributed by atoms with Gasteiger partial charge in [0.25, 0.3) is 0 Å². The number of carbonyl (C=O) groups is 1. The molecule has 0 N–H and O–H groups in total. The molecule has 6 aromatic carbocycles. The topological polar surface area (TPSA) is 109 Å². The van der Waals surface area contributed by atoms with Crippen LogP contribution >= 0.6 is 0 Å². The van der Waals surface area contributed by atoms with Gasteiger partial charge in [0.2, 0.25) is 0 Å². The highest BCUT2D eigenvalue weighted by atomic mass is 16.8. The molecule has 2 aliphatic rings. The Hall–Kier alpha value is -5.57. The van der Waals surface area contributed by atoms with Crippen molar-refractivity contribution in [2.45, 2.75) is 115 Å². The zero-order valence-electron chi connectivity index (χ0n) is 38.0. The van der Waals surface area contributed by atoms with Crippen LogP contribution < -0.4 is 0 Å². The van der Waals surface area contributed by atoms with Gasteiger partial charge in [-0.15, -0.1) is 0 Å². The normalized spacial score (nSPS) is 25.0. The summed E-state index contributed by atoms with van der Waals surface area (Å²) in [7, 11) is 0. The molecule has 8 rings (SSSR count). The smallest absolute Gasteiger partial charge is 0.302 e. The van der Waals surface area contributed by atoms with E-state index in [9.17, 15) is 4.79 Å². The summed E-state index contributed by atoms with van der Waals surface area (Å²) in [5.41, 5.74) is 5.75. The SMILES string of the molecule is CC(=O)OC[C@H]1O[C@H](O[C@H]2[C@H](OCc3ccccc3)O[C@@H](C)[C@H](OCc3ccccc3)[C@H]2OCc2ccccc2)[C@H](OCc2ccccc2)[C@@H](OCc2ccccc2)[C@@H]1OCc1ccccc1. The quantitative estimate of drug-likeness (QED) is 0.0608. The van der Waals surface area contributed by atoms with Crippen molar-refractivity contribution in [3.63, 3.8) is 0 Å². The van der Waals surface area contributed by atoms with Gasteiger partial charge in [-0.25, -0.2) is 0 Å². The average Bonchev–Trinajstić information content (AvgIpc) is 3.37. The predicted octanol–water partition coefficient (Wildman–Crippen LogP) is 9.55. The minimum absolute atomic E-state index is 0.145. The highest BCUT2D eigenvalue weighted by molar-refractivity contribution is 5.65. The van der Waals surface area contributed by atoms with Crippen LogP contribution in [0.1, 0.15) is 47.2 Å². The number of ether oxygens (including phenoxy) is 10. The Morgan fingerprint density at radius 2 is 0.716 bits per heavy atom. The Labute approximate surface area is 393 Å². The van der Waals surface area contributed by atoms with Gasteiger partial charge in [0.05, 0.1) is 45.7 Å². The summed E-state index contributed by atoms with van der Waals surface area (Å²) in [6, 6.07) is 59.5. The fraction of sp³-hybridized carbons (Fsp3) is 0.339. The molecule has 0 aliphatic carbocycles. The monoisotopic (exact) mass is 908 g/mol. The van der Waals surface area contributed by atoms with Crippen molar-refractivity contribution in [3.05, 3.63) is 215 Å².